The Bertz CT molecular complexity index is 2250. The van der Waals surface area contributed by atoms with Crippen molar-refractivity contribution < 1.29 is 0 Å². The van der Waals surface area contributed by atoms with Crippen LogP contribution in [-0.2, 0) is 0 Å². The van der Waals surface area contributed by atoms with E-state index in [1.165, 1.54) is 11.1 Å². The summed E-state index contributed by atoms with van der Waals surface area (Å²) in [5.74, 6) is 0. The molecule has 0 saturated heterocycles. The fourth-order valence-corrected chi connectivity index (χ4v) is 6.07. The number of hydrogen-bond acceptors (Lipinski definition) is 3. The van der Waals surface area contributed by atoms with Gasteiger partial charge in [-0.2, -0.15) is 0 Å². The van der Waals surface area contributed by atoms with Crippen molar-refractivity contribution in [2.24, 2.45) is 0 Å². The van der Waals surface area contributed by atoms with E-state index in [0.29, 0.717) is 0 Å². The van der Waals surface area contributed by atoms with Crippen LogP contribution in [0, 0.1) is 0 Å². The van der Waals surface area contributed by atoms with Gasteiger partial charge in [0.25, 0.3) is 0 Å². The minimum Gasteiger partial charge on any atom is -0.310 e. The minimum atomic E-state index is 0.881. The molecule has 5 aromatic carbocycles. The number of rotatable bonds is 10. The predicted molar refractivity (Wildman–Crippen MR) is 207 cm³/mol. The van der Waals surface area contributed by atoms with E-state index in [1.54, 1.807) is 6.08 Å². The maximum Gasteiger partial charge on any atom is 0.0708 e. The lowest BCUT2D eigenvalue weighted by atomic mass is 10.0. The monoisotopic (exact) mass is 629 g/mol. The van der Waals surface area contributed by atoms with Crippen LogP contribution in [0.2, 0.25) is 0 Å². The van der Waals surface area contributed by atoms with Gasteiger partial charge >= 0.3 is 0 Å². The van der Waals surface area contributed by atoms with Gasteiger partial charge in [-0.05, 0) is 94.1 Å². The highest BCUT2D eigenvalue weighted by molar-refractivity contribution is 5.84. The van der Waals surface area contributed by atoms with Crippen molar-refractivity contribution in [1.82, 2.24) is 9.97 Å². The van der Waals surface area contributed by atoms with E-state index >= 15 is 0 Å². The molecule has 0 saturated carbocycles. The molecule has 0 unspecified atom stereocenters. The normalized spacial score (nSPS) is 11.1. The zero-order valence-electron chi connectivity index (χ0n) is 27.2. The summed E-state index contributed by atoms with van der Waals surface area (Å²) in [6, 6.07) is 55.1. The van der Waals surface area contributed by atoms with Crippen molar-refractivity contribution in [3.05, 3.63) is 207 Å². The van der Waals surface area contributed by atoms with Crippen molar-refractivity contribution >= 4 is 22.6 Å². The van der Waals surface area contributed by atoms with Crippen LogP contribution in [0.1, 0.15) is 5.56 Å². The van der Waals surface area contributed by atoms with Gasteiger partial charge in [-0.1, -0.05) is 128 Å². The first kappa shape index (κ1) is 31.0. The molecule has 0 bridgehead atoms. The van der Waals surface area contributed by atoms with E-state index in [0.717, 1.165) is 61.8 Å². The molecular formula is C46H35N3. The lowest BCUT2D eigenvalue weighted by molar-refractivity contribution is 1.27. The van der Waals surface area contributed by atoms with Gasteiger partial charge in [-0.25, -0.2) is 0 Å². The first-order valence-electron chi connectivity index (χ1n) is 16.3. The molecule has 49 heavy (non-hydrogen) atoms. The summed E-state index contributed by atoms with van der Waals surface area (Å²) in [4.78, 5) is 11.8. The van der Waals surface area contributed by atoms with Gasteiger partial charge < -0.3 is 4.90 Å². The average Bonchev–Trinajstić information content (AvgIpc) is 3.18. The number of nitrogens with zero attached hydrogens (tertiary/aromatic N) is 3. The third-order valence-electron chi connectivity index (χ3n) is 8.51. The van der Waals surface area contributed by atoms with Gasteiger partial charge in [0.15, 0.2) is 0 Å². The highest BCUT2D eigenvalue weighted by Gasteiger charge is 2.16. The molecule has 0 N–H and O–H groups in total. The Balaban J connectivity index is 1.32. The Kier molecular flexibility index (Phi) is 9.16. The highest BCUT2D eigenvalue weighted by Crippen LogP contribution is 2.39. The number of pyridine rings is 2. The number of hydrogen-bond donors (Lipinski definition) is 0. The van der Waals surface area contributed by atoms with Crippen molar-refractivity contribution in [2.75, 3.05) is 4.90 Å². The Labute approximate surface area is 288 Å². The second-order valence-corrected chi connectivity index (χ2v) is 11.6. The van der Waals surface area contributed by atoms with E-state index < -0.39 is 0 Å². The molecule has 3 nitrogen and oxygen atoms in total. The Morgan fingerprint density at radius 1 is 0.449 bits per heavy atom. The minimum absolute atomic E-state index is 0.881. The molecule has 3 heteroatoms. The molecule has 0 amide bonds. The summed E-state index contributed by atoms with van der Waals surface area (Å²) in [5, 5.41) is 0. The molecule has 0 aliphatic heterocycles. The fourth-order valence-electron chi connectivity index (χ4n) is 6.07. The molecule has 7 rings (SSSR count). The van der Waals surface area contributed by atoms with Crippen molar-refractivity contribution in [3.63, 3.8) is 0 Å². The summed E-state index contributed by atoms with van der Waals surface area (Å²) < 4.78 is 0. The van der Waals surface area contributed by atoms with E-state index in [2.05, 4.69) is 158 Å². The summed E-state index contributed by atoms with van der Waals surface area (Å²) in [7, 11) is 0. The molecule has 0 radical (unpaired) electrons. The molecule has 2 heterocycles. The molecule has 0 aliphatic carbocycles. The molecule has 0 spiro atoms. The standard InChI is InChI=1S/C46H35N3/c1-3-13-34(4-2)38-26-28-47-45(32-38)40-18-11-20-43(30-40)49(42-24-22-37(23-25-42)35-14-7-5-8-15-35)44-21-12-19-41(31-44)46-33-39(27-29-48-46)36-16-9-6-10-17-36/h3-33H,1-2H2/b34-13+. The second-order valence-electron chi connectivity index (χ2n) is 11.6. The number of aromatic nitrogens is 2. The zero-order valence-corrected chi connectivity index (χ0v) is 27.2. The third-order valence-corrected chi connectivity index (χ3v) is 8.51. The summed E-state index contributed by atoms with van der Waals surface area (Å²) in [6.07, 6.45) is 9.31. The van der Waals surface area contributed by atoms with Gasteiger partial charge in [0.05, 0.1) is 11.4 Å². The molecule has 0 fully saturated rings. The van der Waals surface area contributed by atoms with E-state index in [9.17, 15) is 0 Å². The molecular weight excluding hydrogens is 595 g/mol. The first-order valence-corrected chi connectivity index (χ1v) is 16.3. The number of benzene rings is 5. The van der Waals surface area contributed by atoms with Gasteiger partial charge in [0, 0.05) is 40.6 Å². The zero-order chi connectivity index (χ0) is 33.4. The van der Waals surface area contributed by atoms with Crippen LogP contribution in [0.4, 0.5) is 17.1 Å². The van der Waals surface area contributed by atoms with Crippen LogP contribution in [0.5, 0.6) is 0 Å². The van der Waals surface area contributed by atoms with Crippen LogP contribution in [0.15, 0.2) is 202 Å². The fraction of sp³-hybridized carbons (Fsp3) is 0. The summed E-state index contributed by atoms with van der Waals surface area (Å²) in [6.45, 7) is 7.85. The Morgan fingerprint density at radius 3 is 1.57 bits per heavy atom. The topological polar surface area (TPSA) is 29.0 Å². The molecule has 234 valence electrons. The van der Waals surface area contributed by atoms with Crippen LogP contribution in [-0.4, -0.2) is 9.97 Å². The predicted octanol–water partition coefficient (Wildman–Crippen LogP) is 12.4. The highest BCUT2D eigenvalue weighted by atomic mass is 15.1. The molecule has 0 aliphatic rings. The van der Waals surface area contributed by atoms with Crippen molar-refractivity contribution in [1.29, 1.82) is 0 Å². The van der Waals surface area contributed by atoms with Crippen molar-refractivity contribution in [2.45, 2.75) is 0 Å². The summed E-state index contributed by atoms with van der Waals surface area (Å²) >= 11 is 0. The lowest BCUT2D eigenvalue weighted by Crippen LogP contribution is -2.10. The van der Waals surface area contributed by atoms with Gasteiger partial charge in [0.2, 0.25) is 0 Å². The third kappa shape index (κ3) is 6.92. The maximum atomic E-state index is 4.78. The van der Waals surface area contributed by atoms with Crippen LogP contribution in [0.3, 0.4) is 0 Å². The number of allylic oxidation sites excluding steroid dienone is 4. The number of anilines is 3. The molecule has 0 atom stereocenters. The average molecular weight is 630 g/mol. The van der Waals surface area contributed by atoms with E-state index in [1.807, 2.05) is 42.7 Å². The Morgan fingerprint density at radius 2 is 0.980 bits per heavy atom. The SMILES string of the molecule is C=C/C=C(\C=C)c1ccnc(-c2cccc(N(c3ccc(-c4ccccc4)cc3)c3cccc(-c4cc(-c5ccccc5)ccn4)c3)c2)c1. The molecule has 7 aromatic rings. The largest absolute Gasteiger partial charge is 0.310 e. The van der Waals surface area contributed by atoms with Crippen LogP contribution < -0.4 is 4.90 Å². The lowest BCUT2D eigenvalue weighted by Gasteiger charge is -2.26. The van der Waals surface area contributed by atoms with Crippen molar-refractivity contribution in [3.8, 4) is 44.8 Å². The first-order chi connectivity index (χ1) is 24.2. The van der Waals surface area contributed by atoms with Crippen LogP contribution >= 0.6 is 0 Å². The smallest absolute Gasteiger partial charge is 0.0708 e. The van der Waals surface area contributed by atoms with Gasteiger partial charge in [0.1, 0.15) is 0 Å². The maximum absolute atomic E-state index is 4.78. The van der Waals surface area contributed by atoms with Gasteiger partial charge in [-0.3, -0.25) is 9.97 Å². The second kappa shape index (κ2) is 14.5. The van der Waals surface area contributed by atoms with Gasteiger partial charge in [-0.15, -0.1) is 0 Å². The van der Waals surface area contributed by atoms with Crippen LogP contribution in [0.25, 0.3) is 50.3 Å². The molecule has 2 aromatic heterocycles. The van der Waals surface area contributed by atoms with E-state index in [4.69, 9.17) is 9.97 Å². The quantitative estimate of drug-likeness (QED) is 0.141. The van der Waals surface area contributed by atoms with E-state index in [-0.39, 0.29) is 0 Å². The summed E-state index contributed by atoms with van der Waals surface area (Å²) in [5.41, 5.74) is 13.6. The Hall–Kier alpha value is -6.58.